The van der Waals surface area contributed by atoms with Gasteiger partial charge in [-0.2, -0.15) is 5.26 Å². The second kappa shape index (κ2) is 6.65. The number of nitriles is 1. The van der Waals surface area contributed by atoms with Gasteiger partial charge >= 0.3 is 0 Å². The van der Waals surface area contributed by atoms with Gasteiger partial charge in [0.25, 0.3) is 0 Å². The minimum Gasteiger partial charge on any atom is -0.312 e. The summed E-state index contributed by atoms with van der Waals surface area (Å²) in [6.45, 7) is 3.43. The van der Waals surface area contributed by atoms with Gasteiger partial charge in [0.15, 0.2) is 0 Å². The molecule has 0 saturated heterocycles. The van der Waals surface area contributed by atoms with Crippen molar-refractivity contribution in [3.8, 4) is 17.9 Å². The lowest BCUT2D eigenvalue weighted by Crippen LogP contribution is -2.14. The monoisotopic (exact) mass is 198 g/mol. The van der Waals surface area contributed by atoms with Crippen molar-refractivity contribution in [2.45, 2.75) is 19.9 Å². The van der Waals surface area contributed by atoms with E-state index >= 15 is 0 Å². The Bertz CT molecular complexity index is 405. The van der Waals surface area contributed by atoms with E-state index in [1.807, 2.05) is 31.2 Å². The van der Waals surface area contributed by atoms with Crippen LogP contribution in [0, 0.1) is 23.2 Å². The zero-order valence-corrected chi connectivity index (χ0v) is 8.88. The molecule has 76 valence electrons. The summed E-state index contributed by atoms with van der Waals surface area (Å²) in [5.74, 6) is 5.83. The van der Waals surface area contributed by atoms with Gasteiger partial charge in [-0.25, -0.2) is 0 Å². The average molecular weight is 198 g/mol. The maximum Gasteiger partial charge on any atom is 0.0995 e. The number of nitrogens with one attached hydrogen (secondary N) is 1. The van der Waals surface area contributed by atoms with Crippen LogP contribution < -0.4 is 5.32 Å². The van der Waals surface area contributed by atoms with Crippen molar-refractivity contribution in [2.24, 2.45) is 0 Å². The molecule has 1 aromatic rings. The van der Waals surface area contributed by atoms with Crippen LogP contribution in [0.4, 0.5) is 0 Å². The second-order valence-corrected chi connectivity index (χ2v) is 3.12. The molecule has 2 heteroatoms. The number of benzene rings is 1. The van der Waals surface area contributed by atoms with Crippen LogP contribution in [-0.2, 0) is 6.54 Å². The smallest absolute Gasteiger partial charge is 0.0995 e. The van der Waals surface area contributed by atoms with Crippen LogP contribution in [0.3, 0.4) is 0 Å². The van der Waals surface area contributed by atoms with Crippen molar-refractivity contribution in [2.75, 3.05) is 6.54 Å². The average Bonchev–Trinajstić information content (AvgIpc) is 2.29. The third-order valence-corrected chi connectivity index (χ3v) is 2.06. The summed E-state index contributed by atoms with van der Waals surface area (Å²) in [6.07, 6.45) is 0.852. The molecular formula is C13H14N2. The first-order valence-corrected chi connectivity index (χ1v) is 4.97. The highest BCUT2D eigenvalue weighted by Crippen LogP contribution is 2.06. The fraction of sp³-hybridized carbons (Fsp3) is 0.308. The summed E-state index contributed by atoms with van der Waals surface area (Å²) >= 11 is 0. The SMILES string of the molecule is CC#CCCNCc1ccccc1C#N. The van der Waals surface area contributed by atoms with E-state index in [1.54, 1.807) is 0 Å². The van der Waals surface area contributed by atoms with E-state index in [1.165, 1.54) is 0 Å². The Morgan fingerprint density at radius 1 is 1.33 bits per heavy atom. The summed E-state index contributed by atoms with van der Waals surface area (Å²) < 4.78 is 0. The van der Waals surface area contributed by atoms with Gasteiger partial charge in [0.2, 0.25) is 0 Å². The highest BCUT2D eigenvalue weighted by Gasteiger charge is 1.98. The van der Waals surface area contributed by atoms with Crippen LogP contribution in [0.2, 0.25) is 0 Å². The van der Waals surface area contributed by atoms with E-state index in [2.05, 4.69) is 23.2 Å². The van der Waals surface area contributed by atoms with Crippen molar-refractivity contribution in [1.29, 1.82) is 5.26 Å². The molecule has 0 spiro atoms. The molecular weight excluding hydrogens is 184 g/mol. The van der Waals surface area contributed by atoms with Gasteiger partial charge in [0.05, 0.1) is 11.6 Å². The van der Waals surface area contributed by atoms with Crippen LogP contribution in [-0.4, -0.2) is 6.54 Å². The molecule has 0 aromatic heterocycles. The quantitative estimate of drug-likeness (QED) is 0.593. The Hall–Kier alpha value is -1.77. The largest absolute Gasteiger partial charge is 0.312 e. The van der Waals surface area contributed by atoms with E-state index in [0.29, 0.717) is 0 Å². The fourth-order valence-electron chi connectivity index (χ4n) is 1.28. The molecule has 0 aliphatic heterocycles. The van der Waals surface area contributed by atoms with E-state index in [4.69, 9.17) is 5.26 Å². The van der Waals surface area contributed by atoms with Gasteiger partial charge < -0.3 is 5.32 Å². The Morgan fingerprint density at radius 2 is 2.13 bits per heavy atom. The van der Waals surface area contributed by atoms with Gasteiger partial charge in [-0.15, -0.1) is 11.8 Å². The first-order chi connectivity index (χ1) is 7.38. The van der Waals surface area contributed by atoms with Crippen molar-refractivity contribution in [3.63, 3.8) is 0 Å². The molecule has 0 radical (unpaired) electrons. The molecule has 0 aliphatic rings. The Balaban J connectivity index is 2.43. The molecule has 0 fully saturated rings. The topological polar surface area (TPSA) is 35.8 Å². The summed E-state index contributed by atoms with van der Waals surface area (Å²) in [6, 6.07) is 9.81. The number of hydrogen-bond acceptors (Lipinski definition) is 2. The first kappa shape index (κ1) is 11.3. The van der Waals surface area contributed by atoms with E-state index in [9.17, 15) is 0 Å². The van der Waals surface area contributed by atoms with Gasteiger partial charge in [-0.1, -0.05) is 18.2 Å². The fourth-order valence-corrected chi connectivity index (χ4v) is 1.28. The van der Waals surface area contributed by atoms with Crippen LogP contribution in [0.1, 0.15) is 24.5 Å². The number of rotatable bonds is 4. The third-order valence-electron chi connectivity index (χ3n) is 2.06. The van der Waals surface area contributed by atoms with E-state index in [0.717, 1.165) is 30.6 Å². The van der Waals surface area contributed by atoms with Crippen LogP contribution in [0.15, 0.2) is 24.3 Å². The van der Waals surface area contributed by atoms with Crippen LogP contribution in [0.25, 0.3) is 0 Å². The lowest BCUT2D eigenvalue weighted by molar-refractivity contribution is 0.700. The van der Waals surface area contributed by atoms with Crippen LogP contribution in [0.5, 0.6) is 0 Å². The summed E-state index contributed by atoms with van der Waals surface area (Å²) in [5.41, 5.74) is 1.79. The minimum absolute atomic E-state index is 0.731. The Kier molecular flexibility index (Phi) is 5.01. The minimum atomic E-state index is 0.731. The number of nitrogens with zero attached hydrogens (tertiary/aromatic N) is 1. The Morgan fingerprint density at radius 3 is 2.87 bits per heavy atom. The molecule has 0 amide bonds. The normalized spacial score (nSPS) is 8.80. The standard InChI is InChI=1S/C13H14N2/c1-2-3-6-9-15-11-13-8-5-4-7-12(13)10-14/h4-5,7-8,15H,6,9,11H2,1H3. The third kappa shape index (κ3) is 3.85. The highest BCUT2D eigenvalue weighted by molar-refractivity contribution is 5.37. The molecule has 0 bridgehead atoms. The Labute approximate surface area is 90.9 Å². The van der Waals surface area contributed by atoms with Crippen molar-refractivity contribution >= 4 is 0 Å². The molecule has 1 rings (SSSR count). The second-order valence-electron chi connectivity index (χ2n) is 3.12. The zero-order chi connectivity index (χ0) is 10.9. The summed E-state index contributed by atoms with van der Waals surface area (Å²) in [7, 11) is 0. The van der Waals surface area contributed by atoms with Gasteiger partial charge in [0.1, 0.15) is 0 Å². The summed E-state index contributed by atoms with van der Waals surface area (Å²) in [5, 5.41) is 12.1. The first-order valence-electron chi connectivity index (χ1n) is 4.97. The van der Waals surface area contributed by atoms with Crippen molar-refractivity contribution < 1.29 is 0 Å². The van der Waals surface area contributed by atoms with Crippen molar-refractivity contribution in [1.82, 2.24) is 5.32 Å². The summed E-state index contributed by atoms with van der Waals surface area (Å²) in [4.78, 5) is 0. The van der Waals surface area contributed by atoms with Crippen molar-refractivity contribution in [3.05, 3.63) is 35.4 Å². The van der Waals surface area contributed by atoms with Crippen LogP contribution >= 0.6 is 0 Å². The molecule has 0 aliphatic carbocycles. The maximum atomic E-state index is 8.86. The molecule has 0 atom stereocenters. The highest BCUT2D eigenvalue weighted by atomic mass is 14.8. The predicted molar refractivity (Wildman–Crippen MR) is 60.9 cm³/mol. The molecule has 0 unspecified atom stereocenters. The molecule has 1 N–H and O–H groups in total. The van der Waals surface area contributed by atoms with Gasteiger partial charge in [-0.3, -0.25) is 0 Å². The maximum absolute atomic E-state index is 8.86. The lowest BCUT2D eigenvalue weighted by Gasteiger charge is -2.04. The molecule has 0 heterocycles. The lowest BCUT2D eigenvalue weighted by atomic mass is 10.1. The van der Waals surface area contributed by atoms with Gasteiger partial charge in [-0.05, 0) is 18.6 Å². The molecule has 0 saturated carbocycles. The van der Waals surface area contributed by atoms with E-state index in [-0.39, 0.29) is 0 Å². The predicted octanol–water partition coefficient (Wildman–Crippen LogP) is 2.06. The molecule has 1 aromatic carbocycles. The number of hydrogen-bond donors (Lipinski definition) is 1. The van der Waals surface area contributed by atoms with E-state index < -0.39 is 0 Å². The molecule has 15 heavy (non-hydrogen) atoms. The zero-order valence-electron chi connectivity index (χ0n) is 8.88. The van der Waals surface area contributed by atoms with Gasteiger partial charge in [0, 0.05) is 19.5 Å². The molecule has 2 nitrogen and oxygen atoms in total.